The van der Waals surface area contributed by atoms with Crippen molar-refractivity contribution in [2.45, 2.75) is 91.6 Å². The molecule has 5 heteroatoms. The van der Waals surface area contributed by atoms with E-state index in [0.29, 0.717) is 32.2 Å². The molecule has 0 aliphatic carbocycles. The molecule has 0 spiro atoms. The van der Waals surface area contributed by atoms with E-state index in [0.717, 1.165) is 19.3 Å². The van der Waals surface area contributed by atoms with Gasteiger partial charge in [-0.1, -0.05) is 34.6 Å². The molecule has 1 atom stereocenters. The Labute approximate surface area is 147 Å². The minimum absolute atomic E-state index is 0.00835. The second-order valence-corrected chi connectivity index (χ2v) is 7.02. The lowest BCUT2D eigenvalue weighted by molar-refractivity contribution is -0.124. The summed E-state index contributed by atoms with van der Waals surface area (Å²) < 4.78 is 0. The molecule has 0 heterocycles. The highest BCUT2D eigenvalue weighted by molar-refractivity contribution is 5.85. The van der Waals surface area contributed by atoms with Crippen molar-refractivity contribution in [1.82, 2.24) is 10.6 Å². The maximum Gasteiger partial charge on any atom is 0.220 e. The maximum atomic E-state index is 12.2. The number of amides is 1. The van der Waals surface area contributed by atoms with Gasteiger partial charge in [0.15, 0.2) is 5.78 Å². The number of Topliss-reactive ketones (excluding diaryl/α,β-unsaturated/α-hetero) is 2. The van der Waals surface area contributed by atoms with Gasteiger partial charge in [0.2, 0.25) is 5.91 Å². The maximum absolute atomic E-state index is 12.2. The third kappa shape index (κ3) is 11.3. The lowest BCUT2D eigenvalue weighted by Crippen LogP contribution is -2.42. The predicted molar refractivity (Wildman–Crippen MR) is 97.9 cm³/mol. The monoisotopic (exact) mass is 340 g/mol. The van der Waals surface area contributed by atoms with Crippen molar-refractivity contribution in [2.75, 3.05) is 6.54 Å². The number of ketones is 2. The zero-order valence-electron chi connectivity index (χ0n) is 16.1. The molecule has 24 heavy (non-hydrogen) atoms. The van der Waals surface area contributed by atoms with Crippen LogP contribution in [-0.4, -0.2) is 36.1 Å². The summed E-state index contributed by atoms with van der Waals surface area (Å²) in [4.78, 5) is 35.0. The first kappa shape index (κ1) is 22.8. The summed E-state index contributed by atoms with van der Waals surface area (Å²) in [5.41, 5.74) is 0. The minimum Gasteiger partial charge on any atom is -0.356 e. The highest BCUT2D eigenvalue weighted by Gasteiger charge is 2.21. The van der Waals surface area contributed by atoms with Crippen molar-refractivity contribution in [1.29, 1.82) is 0 Å². The summed E-state index contributed by atoms with van der Waals surface area (Å²) in [7, 11) is 0. The third-order valence-corrected chi connectivity index (χ3v) is 3.94. The summed E-state index contributed by atoms with van der Waals surface area (Å²) >= 11 is 0. The molecule has 0 saturated carbocycles. The van der Waals surface area contributed by atoms with Crippen LogP contribution >= 0.6 is 0 Å². The summed E-state index contributed by atoms with van der Waals surface area (Å²) in [6, 6.07) is 0.184. The molecule has 0 fully saturated rings. The van der Waals surface area contributed by atoms with Gasteiger partial charge in [0, 0.05) is 37.8 Å². The Morgan fingerprint density at radius 1 is 0.917 bits per heavy atom. The highest BCUT2D eigenvalue weighted by Crippen LogP contribution is 2.09. The Morgan fingerprint density at radius 3 is 2.12 bits per heavy atom. The molecule has 0 aliphatic heterocycles. The predicted octanol–water partition coefficient (Wildman–Crippen LogP) is 3.01. The number of carbonyl (C=O) groups is 3. The van der Waals surface area contributed by atoms with Crippen LogP contribution in [0.15, 0.2) is 0 Å². The van der Waals surface area contributed by atoms with E-state index in [9.17, 15) is 14.4 Å². The zero-order valence-corrected chi connectivity index (χ0v) is 16.1. The smallest absolute Gasteiger partial charge is 0.220 e. The van der Waals surface area contributed by atoms with Crippen LogP contribution in [0.5, 0.6) is 0 Å². The molecule has 1 unspecified atom stereocenters. The fourth-order valence-electron chi connectivity index (χ4n) is 2.53. The first-order chi connectivity index (χ1) is 11.3. The van der Waals surface area contributed by atoms with Gasteiger partial charge >= 0.3 is 0 Å². The van der Waals surface area contributed by atoms with Crippen molar-refractivity contribution in [3.05, 3.63) is 0 Å². The third-order valence-electron chi connectivity index (χ3n) is 3.94. The van der Waals surface area contributed by atoms with Crippen LogP contribution in [0, 0.1) is 5.92 Å². The summed E-state index contributed by atoms with van der Waals surface area (Å²) in [6.07, 6.45) is 4.64. The van der Waals surface area contributed by atoms with Gasteiger partial charge in [-0.25, -0.2) is 0 Å². The molecule has 0 aromatic heterocycles. The van der Waals surface area contributed by atoms with Crippen molar-refractivity contribution in [2.24, 2.45) is 5.92 Å². The van der Waals surface area contributed by atoms with Gasteiger partial charge in [-0.05, 0) is 25.7 Å². The number of hydrogen-bond acceptors (Lipinski definition) is 4. The summed E-state index contributed by atoms with van der Waals surface area (Å²) in [6.45, 7) is 10.4. The molecular formula is C19H36N2O3. The molecule has 0 saturated heterocycles. The Hall–Kier alpha value is -1.23. The molecule has 0 bridgehead atoms. The van der Waals surface area contributed by atoms with Crippen LogP contribution in [0.4, 0.5) is 0 Å². The highest BCUT2D eigenvalue weighted by atomic mass is 16.1. The number of rotatable bonds is 14. The normalized spacial score (nSPS) is 12.5. The first-order valence-corrected chi connectivity index (χ1v) is 9.36. The van der Waals surface area contributed by atoms with Crippen molar-refractivity contribution >= 4 is 17.5 Å². The van der Waals surface area contributed by atoms with Gasteiger partial charge in [-0.2, -0.15) is 0 Å². The van der Waals surface area contributed by atoms with Crippen LogP contribution in [0.2, 0.25) is 0 Å². The zero-order chi connectivity index (χ0) is 18.5. The number of hydrogen-bond donors (Lipinski definition) is 2. The molecule has 0 aliphatic rings. The summed E-state index contributed by atoms with van der Waals surface area (Å²) in [5, 5.41) is 6.22. The minimum atomic E-state index is -0.0965. The van der Waals surface area contributed by atoms with E-state index >= 15 is 0 Å². The Balaban J connectivity index is 3.90. The molecule has 0 rings (SSSR count). The lowest BCUT2D eigenvalue weighted by atomic mass is 9.96. The molecule has 140 valence electrons. The fourth-order valence-corrected chi connectivity index (χ4v) is 2.53. The van der Waals surface area contributed by atoms with Gasteiger partial charge in [0.1, 0.15) is 5.78 Å². The molecule has 1 amide bonds. The van der Waals surface area contributed by atoms with Gasteiger partial charge in [0.05, 0.1) is 6.04 Å². The van der Waals surface area contributed by atoms with Crippen LogP contribution in [-0.2, 0) is 14.4 Å². The van der Waals surface area contributed by atoms with Crippen molar-refractivity contribution in [3.8, 4) is 0 Å². The van der Waals surface area contributed by atoms with Gasteiger partial charge in [0.25, 0.3) is 0 Å². The van der Waals surface area contributed by atoms with Crippen molar-refractivity contribution < 1.29 is 14.4 Å². The SMILES string of the molecule is CCC(=O)CCCC(=O)NCCCCC(NC(C)C)C(=O)C(C)C. The number of nitrogens with one attached hydrogen (secondary N) is 2. The van der Waals surface area contributed by atoms with Gasteiger partial charge in [-0.15, -0.1) is 0 Å². The summed E-state index contributed by atoms with van der Waals surface area (Å²) in [5.74, 6) is 0.510. The topological polar surface area (TPSA) is 75.3 Å². The Kier molecular flexibility index (Phi) is 12.4. The molecule has 0 aromatic rings. The van der Waals surface area contributed by atoms with E-state index in [2.05, 4.69) is 10.6 Å². The average Bonchev–Trinajstić information content (AvgIpc) is 2.51. The van der Waals surface area contributed by atoms with Crippen LogP contribution in [0.3, 0.4) is 0 Å². The molecule has 0 aromatic carbocycles. The molecule has 2 N–H and O–H groups in total. The lowest BCUT2D eigenvalue weighted by Gasteiger charge is -2.22. The second-order valence-electron chi connectivity index (χ2n) is 7.02. The van der Waals surface area contributed by atoms with E-state index < -0.39 is 0 Å². The largest absolute Gasteiger partial charge is 0.356 e. The Morgan fingerprint density at radius 2 is 1.58 bits per heavy atom. The van der Waals surface area contributed by atoms with E-state index in [1.165, 1.54) is 0 Å². The molecule has 0 radical (unpaired) electrons. The van der Waals surface area contributed by atoms with Crippen LogP contribution < -0.4 is 10.6 Å². The van der Waals surface area contributed by atoms with E-state index in [4.69, 9.17) is 0 Å². The van der Waals surface area contributed by atoms with Crippen molar-refractivity contribution in [3.63, 3.8) is 0 Å². The first-order valence-electron chi connectivity index (χ1n) is 9.36. The van der Waals surface area contributed by atoms with Crippen LogP contribution in [0.1, 0.15) is 79.6 Å². The number of carbonyl (C=O) groups excluding carboxylic acids is 3. The number of unbranched alkanes of at least 4 members (excludes halogenated alkanes) is 1. The fraction of sp³-hybridized carbons (Fsp3) is 0.842. The Bertz CT molecular complexity index is 392. The van der Waals surface area contributed by atoms with Gasteiger partial charge in [-0.3, -0.25) is 14.4 Å². The quantitative estimate of drug-likeness (QED) is 0.477. The van der Waals surface area contributed by atoms with E-state index in [-0.39, 0.29) is 35.5 Å². The molecular weight excluding hydrogens is 304 g/mol. The average molecular weight is 341 g/mol. The van der Waals surface area contributed by atoms with E-state index in [1.54, 1.807) is 0 Å². The van der Waals surface area contributed by atoms with E-state index in [1.807, 2.05) is 34.6 Å². The van der Waals surface area contributed by atoms with Crippen LogP contribution in [0.25, 0.3) is 0 Å². The molecule has 5 nitrogen and oxygen atoms in total. The van der Waals surface area contributed by atoms with Gasteiger partial charge < -0.3 is 10.6 Å². The second kappa shape index (κ2) is 13.1. The standard InChI is InChI=1S/C19H36N2O3/c1-6-16(22)10-9-12-18(23)20-13-8-7-11-17(21-15(4)5)19(24)14(2)3/h14-15,17,21H,6-13H2,1-5H3,(H,20,23).